The molecule has 1 aromatic heterocycles. The van der Waals surface area contributed by atoms with E-state index in [1.807, 2.05) is 24.3 Å². The molecule has 0 aliphatic rings. The molecule has 0 aliphatic heterocycles. The number of carbonyl (C=O) groups is 1. The third-order valence-electron chi connectivity index (χ3n) is 3.64. The van der Waals surface area contributed by atoms with Gasteiger partial charge in [0.2, 0.25) is 5.91 Å². The molecule has 8 nitrogen and oxygen atoms in total. The van der Waals surface area contributed by atoms with Crippen molar-refractivity contribution in [3.05, 3.63) is 41.8 Å². The van der Waals surface area contributed by atoms with E-state index in [0.29, 0.717) is 43.0 Å². The van der Waals surface area contributed by atoms with Crippen LogP contribution in [0.5, 0.6) is 5.75 Å². The molecular formula is C19H28IN5O3. The zero-order valence-corrected chi connectivity index (χ0v) is 18.9. The second kappa shape index (κ2) is 12.2. The summed E-state index contributed by atoms with van der Waals surface area (Å²) in [6.45, 7) is 7.13. The number of ether oxygens (including phenoxy) is 1. The molecule has 1 heterocycles. The Morgan fingerprint density at radius 3 is 2.71 bits per heavy atom. The molecule has 0 radical (unpaired) electrons. The molecule has 0 unspecified atom stereocenters. The lowest BCUT2D eigenvalue weighted by Crippen LogP contribution is -2.38. The number of carbonyl (C=O) groups excluding carboxylic acids is 1. The van der Waals surface area contributed by atoms with Crippen molar-refractivity contribution in [2.45, 2.75) is 33.2 Å². The zero-order chi connectivity index (χ0) is 19.6. The van der Waals surface area contributed by atoms with E-state index < -0.39 is 0 Å². The van der Waals surface area contributed by atoms with Gasteiger partial charge in [-0.3, -0.25) is 9.79 Å². The number of hydrogen-bond donors (Lipinski definition) is 3. The third kappa shape index (κ3) is 8.15. The Kier molecular flexibility index (Phi) is 10.4. The molecule has 0 fully saturated rings. The summed E-state index contributed by atoms with van der Waals surface area (Å²) in [4.78, 5) is 15.3. The van der Waals surface area contributed by atoms with Gasteiger partial charge in [0, 0.05) is 31.8 Å². The van der Waals surface area contributed by atoms with E-state index in [0.717, 1.165) is 11.5 Å². The minimum absolute atomic E-state index is 0. The van der Waals surface area contributed by atoms with Crippen LogP contribution in [0.4, 0.5) is 5.69 Å². The molecule has 0 atom stereocenters. The third-order valence-corrected chi connectivity index (χ3v) is 3.64. The Morgan fingerprint density at radius 1 is 1.29 bits per heavy atom. The van der Waals surface area contributed by atoms with E-state index in [1.54, 1.807) is 13.1 Å². The normalized spacial score (nSPS) is 11.0. The Labute approximate surface area is 182 Å². The number of nitrogens with zero attached hydrogens (tertiary/aromatic N) is 2. The van der Waals surface area contributed by atoms with Crippen LogP contribution in [-0.2, 0) is 11.3 Å². The van der Waals surface area contributed by atoms with Crippen LogP contribution in [0.1, 0.15) is 38.1 Å². The predicted octanol–water partition coefficient (Wildman–Crippen LogP) is 3.12. The highest BCUT2D eigenvalue weighted by Crippen LogP contribution is 2.17. The molecule has 154 valence electrons. The van der Waals surface area contributed by atoms with Crippen molar-refractivity contribution in [1.82, 2.24) is 15.8 Å². The Hall–Kier alpha value is -2.30. The number of nitrogens with one attached hydrogen (secondary N) is 3. The molecule has 2 rings (SSSR count). The van der Waals surface area contributed by atoms with Crippen LogP contribution in [0.3, 0.4) is 0 Å². The molecular weight excluding hydrogens is 473 g/mol. The second-order valence-corrected chi connectivity index (χ2v) is 6.28. The van der Waals surface area contributed by atoms with Crippen LogP contribution in [0.15, 0.2) is 39.8 Å². The van der Waals surface area contributed by atoms with Gasteiger partial charge in [-0.1, -0.05) is 25.1 Å². The van der Waals surface area contributed by atoms with E-state index in [2.05, 4.69) is 39.9 Å². The molecule has 28 heavy (non-hydrogen) atoms. The molecule has 0 spiro atoms. The molecule has 3 N–H and O–H groups in total. The van der Waals surface area contributed by atoms with Crippen molar-refractivity contribution >= 4 is 41.5 Å². The van der Waals surface area contributed by atoms with E-state index in [9.17, 15) is 4.79 Å². The van der Waals surface area contributed by atoms with Gasteiger partial charge >= 0.3 is 0 Å². The molecule has 0 aliphatic carbocycles. The van der Waals surface area contributed by atoms with Gasteiger partial charge in [0.15, 0.2) is 11.7 Å². The number of amides is 1. The first kappa shape index (κ1) is 23.7. The van der Waals surface area contributed by atoms with E-state index in [-0.39, 0.29) is 29.9 Å². The highest BCUT2D eigenvalue weighted by Gasteiger charge is 2.08. The van der Waals surface area contributed by atoms with Crippen molar-refractivity contribution in [2.75, 3.05) is 25.5 Å². The fourth-order valence-corrected chi connectivity index (χ4v) is 2.28. The van der Waals surface area contributed by atoms with Crippen molar-refractivity contribution in [3.8, 4) is 5.75 Å². The average Bonchev–Trinajstić information content (AvgIpc) is 3.10. The van der Waals surface area contributed by atoms with E-state index in [1.165, 1.54) is 6.92 Å². The molecule has 0 saturated heterocycles. The molecule has 9 heteroatoms. The largest absolute Gasteiger partial charge is 0.492 e. The van der Waals surface area contributed by atoms with Crippen LogP contribution in [0, 0.1) is 0 Å². The summed E-state index contributed by atoms with van der Waals surface area (Å²) in [6, 6.07) is 9.21. The first-order valence-electron chi connectivity index (χ1n) is 8.88. The number of aromatic nitrogens is 1. The maximum Gasteiger partial charge on any atom is 0.221 e. The number of hydrogen-bond acceptors (Lipinski definition) is 5. The first-order chi connectivity index (χ1) is 13.0. The standard InChI is InChI=1S/C19H27N5O3.HI/c1-13(2)18-11-17(27-24-18)12-22-19(20-4)21-8-9-26-16-7-5-6-15(10-16)23-14(3)25;/h5-7,10-11,13H,8-9,12H2,1-4H3,(H,23,25)(H2,20,21,22);1H. The lowest BCUT2D eigenvalue weighted by Gasteiger charge is -2.12. The van der Waals surface area contributed by atoms with E-state index in [4.69, 9.17) is 9.26 Å². The fourth-order valence-electron chi connectivity index (χ4n) is 2.28. The topological polar surface area (TPSA) is 101 Å². The smallest absolute Gasteiger partial charge is 0.221 e. The Morgan fingerprint density at radius 2 is 2.07 bits per heavy atom. The number of benzene rings is 1. The van der Waals surface area contributed by atoms with Crippen molar-refractivity contribution < 1.29 is 14.1 Å². The van der Waals surface area contributed by atoms with Gasteiger partial charge in [0.25, 0.3) is 0 Å². The Bertz CT molecular complexity index is 776. The summed E-state index contributed by atoms with van der Waals surface area (Å²) >= 11 is 0. The zero-order valence-electron chi connectivity index (χ0n) is 16.6. The first-order valence-corrected chi connectivity index (χ1v) is 8.88. The summed E-state index contributed by atoms with van der Waals surface area (Å²) in [6.07, 6.45) is 0. The maximum atomic E-state index is 11.1. The quantitative estimate of drug-likeness (QED) is 0.223. The molecule has 1 amide bonds. The number of rotatable bonds is 8. The van der Waals surface area contributed by atoms with Crippen molar-refractivity contribution in [3.63, 3.8) is 0 Å². The molecule has 2 aromatic rings. The number of anilines is 1. The van der Waals surface area contributed by atoms with Crippen LogP contribution in [0.25, 0.3) is 0 Å². The van der Waals surface area contributed by atoms with Gasteiger partial charge < -0.3 is 25.2 Å². The minimum atomic E-state index is -0.115. The summed E-state index contributed by atoms with van der Waals surface area (Å²) in [7, 11) is 1.70. The lowest BCUT2D eigenvalue weighted by molar-refractivity contribution is -0.114. The molecule has 0 bridgehead atoms. The number of guanidine groups is 1. The van der Waals surface area contributed by atoms with Gasteiger partial charge in [-0.25, -0.2) is 0 Å². The fraction of sp³-hybridized carbons (Fsp3) is 0.421. The van der Waals surface area contributed by atoms with Gasteiger partial charge in [-0.05, 0) is 18.1 Å². The van der Waals surface area contributed by atoms with Gasteiger partial charge in [-0.15, -0.1) is 24.0 Å². The summed E-state index contributed by atoms with van der Waals surface area (Å²) in [5.74, 6) is 2.31. The van der Waals surface area contributed by atoms with Crippen molar-refractivity contribution in [2.24, 2.45) is 4.99 Å². The van der Waals surface area contributed by atoms with Gasteiger partial charge in [0.05, 0.1) is 18.8 Å². The number of aliphatic imine (C=N–C) groups is 1. The second-order valence-electron chi connectivity index (χ2n) is 6.28. The highest BCUT2D eigenvalue weighted by molar-refractivity contribution is 14.0. The van der Waals surface area contributed by atoms with Crippen molar-refractivity contribution in [1.29, 1.82) is 0 Å². The van der Waals surface area contributed by atoms with Crippen LogP contribution in [-0.4, -0.2) is 37.2 Å². The average molecular weight is 501 g/mol. The summed E-state index contributed by atoms with van der Waals surface area (Å²) < 4.78 is 11.0. The SMILES string of the molecule is CN=C(NCCOc1cccc(NC(C)=O)c1)NCc1cc(C(C)C)no1.I. The maximum absolute atomic E-state index is 11.1. The highest BCUT2D eigenvalue weighted by atomic mass is 127. The minimum Gasteiger partial charge on any atom is -0.492 e. The Balaban J connectivity index is 0.00000392. The summed E-state index contributed by atoms with van der Waals surface area (Å²) in [5, 5.41) is 13.1. The molecule has 1 aromatic carbocycles. The van der Waals surface area contributed by atoms with Crippen LogP contribution >= 0.6 is 24.0 Å². The lowest BCUT2D eigenvalue weighted by atomic mass is 10.1. The molecule has 0 saturated carbocycles. The predicted molar refractivity (Wildman–Crippen MR) is 120 cm³/mol. The summed E-state index contributed by atoms with van der Waals surface area (Å²) in [5.41, 5.74) is 1.64. The van der Waals surface area contributed by atoms with Crippen LogP contribution in [0.2, 0.25) is 0 Å². The number of halogens is 1. The monoisotopic (exact) mass is 501 g/mol. The van der Waals surface area contributed by atoms with Gasteiger partial charge in [-0.2, -0.15) is 0 Å². The van der Waals surface area contributed by atoms with Gasteiger partial charge in [0.1, 0.15) is 12.4 Å². The van der Waals surface area contributed by atoms with Crippen LogP contribution < -0.4 is 20.7 Å². The van der Waals surface area contributed by atoms with E-state index >= 15 is 0 Å².